The Labute approximate surface area is 197 Å². The summed E-state index contributed by atoms with van der Waals surface area (Å²) in [5, 5.41) is 4.12. The maximum absolute atomic E-state index is 12.8. The van der Waals surface area contributed by atoms with Gasteiger partial charge in [0.25, 0.3) is 11.8 Å². The van der Waals surface area contributed by atoms with Crippen LogP contribution in [0.15, 0.2) is 48.5 Å². The van der Waals surface area contributed by atoms with Gasteiger partial charge in [-0.2, -0.15) is 0 Å². The molecule has 0 atom stereocenters. The van der Waals surface area contributed by atoms with Crippen molar-refractivity contribution in [3.63, 3.8) is 0 Å². The van der Waals surface area contributed by atoms with Crippen molar-refractivity contribution in [2.75, 3.05) is 15.1 Å². The Hall–Kier alpha value is -2.78. The lowest BCUT2D eigenvalue weighted by Gasteiger charge is -2.20. The minimum Gasteiger partial charge on any atom is -0.332 e. The fraction of sp³-hybridized carbons (Fsp3) is 0.0476. The normalized spacial score (nSPS) is 12.7. The van der Waals surface area contributed by atoms with E-state index in [2.05, 4.69) is 5.32 Å². The summed E-state index contributed by atoms with van der Waals surface area (Å²) in [6, 6.07) is 13.1. The highest BCUT2D eigenvalue weighted by Crippen LogP contribution is 2.33. The molecule has 6 nitrogen and oxygen atoms in total. The van der Waals surface area contributed by atoms with E-state index < -0.39 is 11.8 Å². The van der Waals surface area contributed by atoms with Gasteiger partial charge in [-0.05, 0) is 73.2 Å². The Kier molecular flexibility index (Phi) is 5.81. The summed E-state index contributed by atoms with van der Waals surface area (Å²) in [6.07, 6.45) is 0.600. The largest absolute Gasteiger partial charge is 0.332 e. The summed E-state index contributed by atoms with van der Waals surface area (Å²) in [7, 11) is 0. The molecule has 1 aromatic heterocycles. The van der Waals surface area contributed by atoms with E-state index in [-0.39, 0.29) is 10.7 Å². The predicted molar refractivity (Wildman–Crippen MR) is 128 cm³/mol. The van der Waals surface area contributed by atoms with Crippen molar-refractivity contribution in [2.45, 2.75) is 6.92 Å². The monoisotopic (exact) mass is 489 g/mol. The zero-order valence-electron chi connectivity index (χ0n) is 15.9. The highest BCUT2D eigenvalue weighted by atomic mass is 35.5. The number of aryl methyl sites for hydroxylation is 1. The van der Waals surface area contributed by atoms with Crippen LogP contribution in [0.25, 0.3) is 0 Å². The van der Waals surface area contributed by atoms with E-state index in [1.54, 1.807) is 49.4 Å². The molecule has 1 aliphatic rings. The number of amides is 3. The van der Waals surface area contributed by atoms with Crippen molar-refractivity contribution >= 4 is 86.5 Å². The SMILES string of the molecule is Cc1cc(NC(=S)N(C=O)c2ccc(Cl)s2)ccc1N1C(=O)c2ccc(Cl)cc2C1=O. The maximum atomic E-state index is 12.8. The van der Waals surface area contributed by atoms with Crippen LogP contribution in [0.5, 0.6) is 0 Å². The van der Waals surface area contributed by atoms with Gasteiger partial charge in [0, 0.05) is 10.7 Å². The lowest BCUT2D eigenvalue weighted by molar-refractivity contribution is -0.106. The minimum absolute atomic E-state index is 0.163. The van der Waals surface area contributed by atoms with Crippen LogP contribution >= 0.6 is 46.8 Å². The molecule has 0 fully saturated rings. The lowest BCUT2D eigenvalue weighted by Crippen LogP contribution is -2.33. The average Bonchev–Trinajstić information content (AvgIpc) is 3.25. The Bertz CT molecular complexity index is 1260. The van der Waals surface area contributed by atoms with Crippen molar-refractivity contribution in [2.24, 2.45) is 0 Å². The summed E-state index contributed by atoms with van der Waals surface area (Å²) in [4.78, 5) is 39.5. The summed E-state index contributed by atoms with van der Waals surface area (Å²) in [6.45, 7) is 1.77. The molecule has 31 heavy (non-hydrogen) atoms. The molecule has 0 saturated carbocycles. The van der Waals surface area contributed by atoms with E-state index in [0.717, 1.165) is 4.90 Å². The summed E-state index contributed by atoms with van der Waals surface area (Å²) in [5.41, 5.74) is 2.31. The standard InChI is InChI=1S/C21H13Cl2N3O3S2/c1-11-8-13(24-21(30)25(10-27)18-7-6-17(23)31-18)3-5-16(11)26-19(28)14-4-2-12(22)9-15(14)20(26)29/h2-10H,1H3,(H,24,30). The first-order valence-corrected chi connectivity index (χ1v) is 10.9. The first kappa shape index (κ1) is 21.5. The first-order valence-electron chi connectivity index (χ1n) is 8.90. The van der Waals surface area contributed by atoms with Crippen LogP contribution < -0.4 is 15.1 Å². The van der Waals surface area contributed by atoms with Crippen molar-refractivity contribution < 1.29 is 14.4 Å². The molecule has 2 aromatic carbocycles. The summed E-state index contributed by atoms with van der Waals surface area (Å²) in [5.74, 6) is -0.832. The number of rotatable bonds is 4. The van der Waals surface area contributed by atoms with Crippen LogP contribution in [0.4, 0.5) is 16.4 Å². The number of carbonyl (C=O) groups excluding carboxylic acids is 3. The lowest BCUT2D eigenvalue weighted by atomic mass is 10.1. The molecule has 4 rings (SSSR count). The molecule has 10 heteroatoms. The highest BCUT2D eigenvalue weighted by Gasteiger charge is 2.37. The average molecular weight is 490 g/mol. The van der Waals surface area contributed by atoms with Gasteiger partial charge in [0.1, 0.15) is 5.00 Å². The number of halogens is 2. The van der Waals surface area contributed by atoms with Crippen LogP contribution in [0, 0.1) is 6.92 Å². The number of nitrogens with zero attached hydrogens (tertiary/aromatic N) is 2. The number of benzene rings is 2. The quantitative estimate of drug-likeness (QED) is 0.296. The van der Waals surface area contributed by atoms with Crippen LogP contribution in [0.2, 0.25) is 9.36 Å². The number of hydrogen-bond donors (Lipinski definition) is 1. The third-order valence-corrected chi connectivity index (χ3v) is 6.42. The van der Waals surface area contributed by atoms with Gasteiger partial charge in [-0.3, -0.25) is 19.3 Å². The number of carbonyl (C=O) groups is 3. The number of thiocarbonyl (C=S) groups is 1. The Balaban J connectivity index is 1.58. The number of imide groups is 1. The number of nitrogens with one attached hydrogen (secondary N) is 1. The van der Waals surface area contributed by atoms with Gasteiger partial charge in [0.2, 0.25) is 6.41 Å². The number of anilines is 3. The first-order chi connectivity index (χ1) is 14.8. The molecule has 0 aliphatic carbocycles. The fourth-order valence-corrected chi connectivity index (χ4v) is 4.73. The van der Waals surface area contributed by atoms with Gasteiger partial charge in [-0.25, -0.2) is 4.90 Å². The molecule has 3 aromatic rings. The number of hydrogen-bond acceptors (Lipinski definition) is 5. The Morgan fingerprint density at radius 2 is 1.81 bits per heavy atom. The summed E-state index contributed by atoms with van der Waals surface area (Å²) < 4.78 is 0.534. The smallest absolute Gasteiger partial charge is 0.266 e. The van der Waals surface area contributed by atoms with Gasteiger partial charge >= 0.3 is 0 Å². The van der Waals surface area contributed by atoms with Crippen molar-refractivity contribution in [3.05, 3.63) is 74.6 Å². The Morgan fingerprint density at radius 3 is 2.45 bits per heavy atom. The molecule has 1 N–H and O–H groups in total. The van der Waals surface area contributed by atoms with E-state index in [9.17, 15) is 14.4 Å². The molecule has 156 valence electrons. The number of thiophene rings is 1. The molecule has 0 saturated heterocycles. The van der Waals surface area contributed by atoms with E-state index in [1.807, 2.05) is 0 Å². The molecular formula is C21H13Cl2N3O3S2. The maximum Gasteiger partial charge on any atom is 0.266 e. The van der Waals surface area contributed by atoms with Crippen LogP contribution in [-0.2, 0) is 4.79 Å². The van der Waals surface area contributed by atoms with E-state index in [1.165, 1.54) is 22.3 Å². The second kappa shape index (κ2) is 8.39. The second-order valence-electron chi connectivity index (χ2n) is 6.62. The van der Waals surface area contributed by atoms with Crippen LogP contribution in [0.1, 0.15) is 26.3 Å². The number of fused-ring (bicyclic) bond motifs is 1. The van der Waals surface area contributed by atoms with Crippen LogP contribution in [0.3, 0.4) is 0 Å². The topological polar surface area (TPSA) is 69.7 Å². The second-order valence-corrected chi connectivity index (χ2v) is 9.14. The molecule has 0 radical (unpaired) electrons. The Morgan fingerprint density at radius 1 is 1.06 bits per heavy atom. The predicted octanol–water partition coefficient (Wildman–Crippen LogP) is 5.52. The van der Waals surface area contributed by atoms with Crippen molar-refractivity contribution in [1.82, 2.24) is 0 Å². The highest BCUT2D eigenvalue weighted by molar-refractivity contribution is 7.81. The molecule has 0 unspecified atom stereocenters. The van der Waals surface area contributed by atoms with Gasteiger partial charge in [0.05, 0.1) is 21.2 Å². The zero-order valence-corrected chi connectivity index (χ0v) is 19.0. The van der Waals surface area contributed by atoms with Gasteiger partial charge < -0.3 is 5.32 Å². The molecular weight excluding hydrogens is 477 g/mol. The van der Waals surface area contributed by atoms with Crippen LogP contribution in [-0.4, -0.2) is 23.3 Å². The van der Waals surface area contributed by atoms with E-state index in [0.29, 0.717) is 43.3 Å². The molecule has 0 bridgehead atoms. The van der Waals surface area contributed by atoms with Gasteiger partial charge in [-0.15, -0.1) is 11.3 Å². The van der Waals surface area contributed by atoms with Gasteiger partial charge in [0.15, 0.2) is 5.11 Å². The zero-order chi connectivity index (χ0) is 22.3. The molecule has 3 amide bonds. The van der Waals surface area contributed by atoms with Crippen molar-refractivity contribution in [1.29, 1.82) is 0 Å². The minimum atomic E-state index is -0.427. The van der Waals surface area contributed by atoms with E-state index >= 15 is 0 Å². The van der Waals surface area contributed by atoms with Gasteiger partial charge in [-0.1, -0.05) is 23.2 Å². The fourth-order valence-electron chi connectivity index (χ4n) is 3.23. The van der Waals surface area contributed by atoms with E-state index in [4.69, 9.17) is 35.4 Å². The molecule has 0 spiro atoms. The third-order valence-electron chi connectivity index (χ3n) is 4.66. The van der Waals surface area contributed by atoms with Crippen molar-refractivity contribution in [3.8, 4) is 0 Å². The third kappa shape index (κ3) is 3.95. The molecule has 2 heterocycles. The summed E-state index contributed by atoms with van der Waals surface area (Å²) >= 11 is 18.5. The molecule has 1 aliphatic heterocycles.